The second kappa shape index (κ2) is 6.50. The highest BCUT2D eigenvalue weighted by molar-refractivity contribution is 5.81. The first-order chi connectivity index (χ1) is 8.77. The van der Waals surface area contributed by atoms with E-state index in [2.05, 4.69) is 10.3 Å². The summed E-state index contributed by atoms with van der Waals surface area (Å²) in [5.74, 6) is 0.226. The number of hydrogen-bond acceptors (Lipinski definition) is 3. The highest BCUT2D eigenvalue weighted by atomic mass is 16.2. The third-order valence-electron chi connectivity index (χ3n) is 3.47. The summed E-state index contributed by atoms with van der Waals surface area (Å²) in [5.41, 5.74) is 1.22. The van der Waals surface area contributed by atoms with Gasteiger partial charge in [-0.05, 0) is 43.5 Å². The van der Waals surface area contributed by atoms with Gasteiger partial charge in [-0.25, -0.2) is 0 Å². The zero-order chi connectivity index (χ0) is 12.8. The quantitative estimate of drug-likeness (QED) is 0.870. The highest BCUT2D eigenvalue weighted by Crippen LogP contribution is 2.09. The molecule has 4 nitrogen and oxygen atoms in total. The number of hydrogen-bond donors (Lipinski definition) is 1. The van der Waals surface area contributed by atoms with E-state index in [9.17, 15) is 4.79 Å². The molecule has 18 heavy (non-hydrogen) atoms. The van der Waals surface area contributed by atoms with Gasteiger partial charge in [0, 0.05) is 26.0 Å². The molecule has 0 aromatic carbocycles. The van der Waals surface area contributed by atoms with Gasteiger partial charge in [-0.1, -0.05) is 6.42 Å². The first-order valence-corrected chi connectivity index (χ1v) is 6.64. The Morgan fingerprint density at radius 1 is 1.44 bits per heavy atom. The molecule has 2 heterocycles. The van der Waals surface area contributed by atoms with Crippen LogP contribution in [0.1, 0.15) is 24.8 Å². The molecular weight excluding hydrogens is 226 g/mol. The van der Waals surface area contributed by atoms with Gasteiger partial charge < -0.3 is 10.2 Å². The number of rotatable bonds is 4. The first kappa shape index (κ1) is 13.0. The summed E-state index contributed by atoms with van der Waals surface area (Å²) in [6.45, 7) is 1.73. The lowest BCUT2D eigenvalue weighted by molar-refractivity contribution is -0.132. The summed E-state index contributed by atoms with van der Waals surface area (Å²) in [5, 5.41) is 3.30. The molecule has 2 rings (SSSR count). The summed E-state index contributed by atoms with van der Waals surface area (Å²) in [6.07, 6.45) is 7.78. The van der Waals surface area contributed by atoms with Crippen molar-refractivity contribution < 1.29 is 4.79 Å². The monoisotopic (exact) mass is 247 g/mol. The molecule has 0 saturated carbocycles. The molecule has 0 unspecified atom stereocenters. The van der Waals surface area contributed by atoms with Crippen molar-refractivity contribution in [3.8, 4) is 0 Å². The lowest BCUT2D eigenvalue weighted by atomic mass is 10.0. The van der Waals surface area contributed by atoms with Crippen LogP contribution < -0.4 is 5.32 Å². The molecule has 1 N–H and O–H groups in total. The summed E-state index contributed by atoms with van der Waals surface area (Å²) >= 11 is 0. The van der Waals surface area contributed by atoms with Crippen molar-refractivity contribution in [2.24, 2.45) is 0 Å². The van der Waals surface area contributed by atoms with Crippen LogP contribution in [0.2, 0.25) is 0 Å². The number of nitrogens with zero attached hydrogens (tertiary/aromatic N) is 2. The minimum absolute atomic E-state index is 0.0289. The lowest BCUT2D eigenvalue weighted by Crippen LogP contribution is -2.47. The average molecular weight is 247 g/mol. The Kier molecular flexibility index (Phi) is 4.70. The Morgan fingerprint density at radius 3 is 2.89 bits per heavy atom. The van der Waals surface area contributed by atoms with Crippen LogP contribution in [0, 0.1) is 0 Å². The summed E-state index contributed by atoms with van der Waals surface area (Å²) in [7, 11) is 1.89. The van der Waals surface area contributed by atoms with Gasteiger partial charge in [0.05, 0.1) is 6.04 Å². The van der Waals surface area contributed by atoms with Crippen molar-refractivity contribution in [2.45, 2.75) is 31.7 Å². The molecule has 1 atom stereocenters. The van der Waals surface area contributed by atoms with Crippen LogP contribution in [0.25, 0.3) is 0 Å². The molecule has 1 saturated heterocycles. The van der Waals surface area contributed by atoms with Crippen LogP contribution in [0.3, 0.4) is 0 Å². The van der Waals surface area contributed by atoms with Gasteiger partial charge in [-0.2, -0.15) is 0 Å². The van der Waals surface area contributed by atoms with Crippen LogP contribution in [-0.4, -0.2) is 42.0 Å². The Balaban J connectivity index is 1.80. The minimum atomic E-state index is 0.0289. The number of nitrogens with one attached hydrogen (secondary N) is 1. The third kappa shape index (κ3) is 3.53. The molecular formula is C14H21N3O. The van der Waals surface area contributed by atoms with Crippen LogP contribution >= 0.6 is 0 Å². The second-order valence-corrected chi connectivity index (χ2v) is 4.87. The molecule has 1 aliphatic rings. The van der Waals surface area contributed by atoms with Gasteiger partial charge in [-0.15, -0.1) is 0 Å². The summed E-state index contributed by atoms with van der Waals surface area (Å²) in [4.78, 5) is 18.0. The number of carbonyl (C=O) groups excluding carboxylic acids is 1. The van der Waals surface area contributed by atoms with Crippen LogP contribution in [0.15, 0.2) is 24.5 Å². The maximum absolute atomic E-state index is 12.2. The number of piperidine rings is 1. The van der Waals surface area contributed by atoms with E-state index < -0.39 is 0 Å². The predicted molar refractivity (Wildman–Crippen MR) is 71.2 cm³/mol. The van der Waals surface area contributed by atoms with Crippen molar-refractivity contribution in [1.82, 2.24) is 15.2 Å². The lowest BCUT2D eigenvalue weighted by Gasteiger charge is -2.27. The molecule has 0 spiro atoms. The SMILES string of the molecule is CN(CCc1ccncc1)C(=O)[C@@H]1CCCCN1. The molecule has 0 radical (unpaired) electrons. The maximum Gasteiger partial charge on any atom is 0.239 e. The van der Waals surface area contributed by atoms with Crippen molar-refractivity contribution in [3.63, 3.8) is 0 Å². The van der Waals surface area contributed by atoms with Gasteiger partial charge in [0.2, 0.25) is 5.91 Å². The number of pyridine rings is 1. The highest BCUT2D eigenvalue weighted by Gasteiger charge is 2.23. The zero-order valence-corrected chi connectivity index (χ0v) is 10.9. The second-order valence-electron chi connectivity index (χ2n) is 4.87. The number of carbonyl (C=O) groups is 1. The third-order valence-corrected chi connectivity index (χ3v) is 3.47. The summed E-state index contributed by atoms with van der Waals surface area (Å²) < 4.78 is 0. The van der Waals surface area contributed by atoms with Crippen molar-refractivity contribution in [1.29, 1.82) is 0 Å². The van der Waals surface area contributed by atoms with E-state index in [1.807, 2.05) is 24.1 Å². The van der Waals surface area contributed by atoms with Gasteiger partial charge in [0.25, 0.3) is 0 Å². The predicted octanol–water partition coefficient (Wildman–Crippen LogP) is 1.22. The van der Waals surface area contributed by atoms with Crippen molar-refractivity contribution in [3.05, 3.63) is 30.1 Å². The molecule has 1 aromatic heterocycles. The van der Waals surface area contributed by atoms with Crippen molar-refractivity contribution in [2.75, 3.05) is 20.1 Å². The van der Waals surface area contributed by atoms with Crippen LogP contribution in [0.5, 0.6) is 0 Å². The fourth-order valence-corrected chi connectivity index (χ4v) is 2.29. The van der Waals surface area contributed by atoms with E-state index in [1.54, 1.807) is 12.4 Å². The van der Waals surface area contributed by atoms with Crippen molar-refractivity contribution >= 4 is 5.91 Å². The fourth-order valence-electron chi connectivity index (χ4n) is 2.29. The van der Waals surface area contributed by atoms with E-state index in [0.717, 1.165) is 32.4 Å². The molecule has 0 aliphatic carbocycles. The van der Waals surface area contributed by atoms with E-state index in [1.165, 1.54) is 12.0 Å². The smallest absolute Gasteiger partial charge is 0.239 e. The van der Waals surface area contributed by atoms with Crippen LogP contribution in [0.4, 0.5) is 0 Å². The first-order valence-electron chi connectivity index (χ1n) is 6.64. The molecule has 1 amide bonds. The maximum atomic E-state index is 12.2. The molecule has 4 heteroatoms. The minimum Gasteiger partial charge on any atom is -0.344 e. The van der Waals surface area contributed by atoms with E-state index in [4.69, 9.17) is 0 Å². The normalized spacial score (nSPS) is 19.5. The van der Waals surface area contributed by atoms with E-state index in [-0.39, 0.29) is 11.9 Å². The Hall–Kier alpha value is -1.42. The van der Waals surface area contributed by atoms with Crippen LogP contribution in [-0.2, 0) is 11.2 Å². The van der Waals surface area contributed by atoms with Gasteiger partial charge in [0.15, 0.2) is 0 Å². The number of aromatic nitrogens is 1. The fraction of sp³-hybridized carbons (Fsp3) is 0.571. The van der Waals surface area contributed by atoms with E-state index in [0.29, 0.717) is 0 Å². The Bertz CT molecular complexity index is 374. The van der Waals surface area contributed by atoms with Gasteiger partial charge in [-0.3, -0.25) is 9.78 Å². The average Bonchev–Trinajstić information content (AvgIpc) is 2.46. The van der Waals surface area contributed by atoms with Gasteiger partial charge >= 0.3 is 0 Å². The number of likely N-dealkylation sites (N-methyl/N-ethyl adjacent to an activating group) is 1. The zero-order valence-electron chi connectivity index (χ0n) is 10.9. The van der Waals surface area contributed by atoms with Gasteiger partial charge in [0.1, 0.15) is 0 Å². The largest absolute Gasteiger partial charge is 0.344 e. The molecule has 0 bridgehead atoms. The Morgan fingerprint density at radius 2 is 2.22 bits per heavy atom. The topological polar surface area (TPSA) is 45.2 Å². The van der Waals surface area contributed by atoms with E-state index >= 15 is 0 Å². The standard InChI is InChI=1S/C14H21N3O/c1-17(11-7-12-5-9-15-10-6-12)14(18)13-4-2-3-8-16-13/h5-6,9-10,13,16H,2-4,7-8,11H2,1H3/t13-/m0/s1. The Labute approximate surface area is 108 Å². The summed E-state index contributed by atoms with van der Waals surface area (Å²) in [6, 6.07) is 4.02. The number of amides is 1. The molecule has 1 aliphatic heterocycles. The molecule has 1 aromatic rings. The molecule has 98 valence electrons. The molecule has 1 fully saturated rings.